The monoisotopic (exact) mass is 263 g/mol. The summed E-state index contributed by atoms with van der Waals surface area (Å²) in [6.45, 7) is 1.25. The first-order valence-corrected chi connectivity index (χ1v) is 5.72. The minimum absolute atomic E-state index is 0.0404. The summed E-state index contributed by atoms with van der Waals surface area (Å²) in [6.07, 6.45) is 1.69. The molecule has 1 heterocycles. The predicted octanol–water partition coefficient (Wildman–Crippen LogP) is 0.793. The van der Waals surface area contributed by atoms with Crippen molar-refractivity contribution in [3.63, 3.8) is 0 Å². The van der Waals surface area contributed by atoms with Crippen LogP contribution < -0.4 is 0 Å². The van der Waals surface area contributed by atoms with Crippen molar-refractivity contribution < 1.29 is 14.3 Å². The van der Waals surface area contributed by atoms with E-state index in [1.807, 2.05) is 0 Å². The van der Waals surface area contributed by atoms with Crippen molar-refractivity contribution in [2.24, 2.45) is 5.92 Å². The van der Waals surface area contributed by atoms with Crippen molar-refractivity contribution >= 4 is 27.8 Å². The Labute approximate surface area is 91.7 Å². The molecule has 80 valence electrons. The Bertz CT molecular complexity index is 210. The van der Waals surface area contributed by atoms with Gasteiger partial charge in [0, 0.05) is 13.1 Å². The fourth-order valence-electron chi connectivity index (χ4n) is 1.65. The van der Waals surface area contributed by atoms with Gasteiger partial charge in [0.25, 0.3) is 0 Å². The molecule has 5 heteroatoms. The fraction of sp³-hybridized carbons (Fsp3) is 0.778. The third-order valence-corrected chi connectivity index (χ3v) is 2.90. The van der Waals surface area contributed by atoms with Crippen LogP contribution in [0.4, 0.5) is 0 Å². The number of carbonyl (C=O) groups excluding carboxylic acids is 2. The number of alkyl halides is 1. The smallest absolute Gasteiger partial charge is 0.310 e. The summed E-state index contributed by atoms with van der Waals surface area (Å²) in [6, 6.07) is 0. The first kappa shape index (κ1) is 11.5. The second-order valence-electron chi connectivity index (χ2n) is 3.34. The molecule has 1 fully saturated rings. The maximum atomic E-state index is 11.4. The topological polar surface area (TPSA) is 46.6 Å². The second kappa shape index (κ2) is 5.34. The number of likely N-dealkylation sites (tertiary alicyclic amines) is 1. The van der Waals surface area contributed by atoms with E-state index < -0.39 is 0 Å². The zero-order chi connectivity index (χ0) is 10.6. The Kier molecular flexibility index (Phi) is 4.38. The molecular weight excluding hydrogens is 250 g/mol. The highest BCUT2D eigenvalue weighted by molar-refractivity contribution is 9.09. The van der Waals surface area contributed by atoms with Gasteiger partial charge in [-0.05, 0) is 12.8 Å². The number of nitrogens with zero attached hydrogens (tertiary/aromatic N) is 1. The van der Waals surface area contributed by atoms with Gasteiger partial charge < -0.3 is 9.64 Å². The molecule has 0 aromatic carbocycles. The number of carbonyl (C=O) groups is 2. The predicted molar refractivity (Wildman–Crippen MR) is 55.1 cm³/mol. The van der Waals surface area contributed by atoms with Crippen LogP contribution >= 0.6 is 15.9 Å². The van der Waals surface area contributed by atoms with E-state index in [-0.39, 0.29) is 17.8 Å². The van der Waals surface area contributed by atoms with E-state index >= 15 is 0 Å². The molecule has 0 N–H and O–H groups in total. The Hall–Kier alpha value is -0.580. The van der Waals surface area contributed by atoms with Crippen molar-refractivity contribution in [3.05, 3.63) is 0 Å². The fourth-order valence-corrected chi connectivity index (χ4v) is 2.00. The van der Waals surface area contributed by atoms with Gasteiger partial charge in [-0.3, -0.25) is 9.59 Å². The van der Waals surface area contributed by atoms with Crippen LogP contribution in [0.1, 0.15) is 12.8 Å². The zero-order valence-corrected chi connectivity index (χ0v) is 9.75. The molecule has 0 aromatic rings. The van der Waals surface area contributed by atoms with Gasteiger partial charge in [0.2, 0.25) is 5.91 Å². The highest BCUT2D eigenvalue weighted by atomic mass is 79.9. The lowest BCUT2D eigenvalue weighted by molar-refractivity contribution is -0.148. The molecule has 1 amide bonds. The number of methoxy groups -OCH3 is 1. The molecule has 0 bridgehead atoms. The van der Waals surface area contributed by atoms with Gasteiger partial charge in [-0.25, -0.2) is 0 Å². The molecule has 4 nitrogen and oxygen atoms in total. The molecule has 0 saturated carbocycles. The maximum Gasteiger partial charge on any atom is 0.310 e. The molecule has 1 saturated heterocycles. The van der Waals surface area contributed by atoms with Crippen molar-refractivity contribution in [3.8, 4) is 0 Å². The molecule has 14 heavy (non-hydrogen) atoms. The second-order valence-corrected chi connectivity index (χ2v) is 3.90. The molecule has 0 aliphatic carbocycles. The van der Waals surface area contributed by atoms with E-state index in [9.17, 15) is 9.59 Å². The molecule has 0 radical (unpaired) electrons. The third kappa shape index (κ3) is 2.70. The SMILES string of the molecule is COC(=O)C1CCCN(C(=O)CBr)C1. The van der Waals surface area contributed by atoms with E-state index in [0.717, 1.165) is 19.4 Å². The Balaban J connectivity index is 2.51. The van der Waals surface area contributed by atoms with Gasteiger partial charge in [0.15, 0.2) is 0 Å². The van der Waals surface area contributed by atoms with Crippen molar-refractivity contribution in [1.29, 1.82) is 0 Å². The van der Waals surface area contributed by atoms with Crippen molar-refractivity contribution in [2.45, 2.75) is 12.8 Å². The van der Waals surface area contributed by atoms with Crippen molar-refractivity contribution in [2.75, 3.05) is 25.5 Å². The quantitative estimate of drug-likeness (QED) is 0.547. The number of piperidine rings is 1. The Morgan fingerprint density at radius 2 is 2.29 bits per heavy atom. The molecule has 0 aromatic heterocycles. The summed E-state index contributed by atoms with van der Waals surface area (Å²) >= 11 is 3.12. The van der Waals surface area contributed by atoms with Crippen LogP contribution in [0.5, 0.6) is 0 Å². The van der Waals surface area contributed by atoms with Crippen LogP contribution in [0.2, 0.25) is 0 Å². The van der Waals surface area contributed by atoms with E-state index in [1.165, 1.54) is 7.11 Å². The highest BCUT2D eigenvalue weighted by Gasteiger charge is 2.28. The van der Waals surface area contributed by atoms with Gasteiger partial charge >= 0.3 is 5.97 Å². The first-order chi connectivity index (χ1) is 6.69. The first-order valence-electron chi connectivity index (χ1n) is 4.60. The van der Waals surface area contributed by atoms with Crippen LogP contribution in [0.15, 0.2) is 0 Å². The van der Waals surface area contributed by atoms with Gasteiger partial charge in [0.05, 0.1) is 18.4 Å². The molecule has 1 atom stereocenters. The Morgan fingerprint density at radius 1 is 1.57 bits per heavy atom. The number of ether oxygens (including phenoxy) is 1. The third-order valence-electron chi connectivity index (χ3n) is 2.42. The summed E-state index contributed by atoms with van der Waals surface area (Å²) in [5.41, 5.74) is 0. The van der Waals surface area contributed by atoms with Crippen LogP contribution in [0.3, 0.4) is 0 Å². The number of hydrogen-bond donors (Lipinski definition) is 0. The molecule has 1 unspecified atom stereocenters. The maximum absolute atomic E-state index is 11.4. The van der Waals surface area contributed by atoms with Crippen LogP contribution in [-0.2, 0) is 14.3 Å². The van der Waals surface area contributed by atoms with E-state index in [2.05, 4.69) is 20.7 Å². The van der Waals surface area contributed by atoms with Gasteiger partial charge in [0.1, 0.15) is 0 Å². The number of amides is 1. The molecule has 1 rings (SSSR count). The van der Waals surface area contributed by atoms with Crippen LogP contribution in [0, 0.1) is 5.92 Å². The number of esters is 1. The molecule has 0 spiro atoms. The highest BCUT2D eigenvalue weighted by Crippen LogP contribution is 2.17. The summed E-state index contributed by atoms with van der Waals surface area (Å²) in [5.74, 6) is -0.313. The number of rotatable bonds is 2. The minimum atomic E-state index is -0.211. The van der Waals surface area contributed by atoms with Crippen LogP contribution in [0.25, 0.3) is 0 Å². The van der Waals surface area contributed by atoms with Gasteiger partial charge in [-0.2, -0.15) is 0 Å². The Morgan fingerprint density at radius 3 is 2.86 bits per heavy atom. The number of halogens is 1. The number of hydrogen-bond acceptors (Lipinski definition) is 3. The van der Waals surface area contributed by atoms with E-state index in [0.29, 0.717) is 11.9 Å². The minimum Gasteiger partial charge on any atom is -0.469 e. The summed E-state index contributed by atoms with van der Waals surface area (Å²) in [5, 5.41) is 0.320. The summed E-state index contributed by atoms with van der Waals surface area (Å²) in [4.78, 5) is 24.3. The van der Waals surface area contributed by atoms with E-state index in [4.69, 9.17) is 0 Å². The normalized spacial score (nSPS) is 21.9. The average Bonchev–Trinajstić information content (AvgIpc) is 2.27. The lowest BCUT2D eigenvalue weighted by atomic mass is 9.98. The summed E-state index contributed by atoms with van der Waals surface area (Å²) in [7, 11) is 1.38. The standard InChI is InChI=1S/C9H14BrNO3/c1-14-9(13)7-3-2-4-11(6-7)8(12)5-10/h7H,2-6H2,1H3. The molecule has 1 aliphatic rings. The largest absolute Gasteiger partial charge is 0.469 e. The van der Waals surface area contributed by atoms with E-state index in [1.54, 1.807) is 4.90 Å². The van der Waals surface area contributed by atoms with Crippen LogP contribution in [-0.4, -0.2) is 42.3 Å². The lowest BCUT2D eigenvalue weighted by Gasteiger charge is -2.30. The lowest BCUT2D eigenvalue weighted by Crippen LogP contribution is -2.43. The molecule has 1 aliphatic heterocycles. The summed E-state index contributed by atoms with van der Waals surface area (Å²) < 4.78 is 4.66. The average molecular weight is 264 g/mol. The zero-order valence-electron chi connectivity index (χ0n) is 8.16. The van der Waals surface area contributed by atoms with Crippen molar-refractivity contribution in [1.82, 2.24) is 4.90 Å². The van der Waals surface area contributed by atoms with Gasteiger partial charge in [-0.1, -0.05) is 15.9 Å². The molecular formula is C9H14BrNO3. The van der Waals surface area contributed by atoms with Gasteiger partial charge in [-0.15, -0.1) is 0 Å².